The first-order valence-electron chi connectivity index (χ1n) is 9.50. The van der Waals surface area contributed by atoms with E-state index in [1.165, 1.54) is 32.7 Å². The van der Waals surface area contributed by atoms with Crippen molar-refractivity contribution < 1.29 is 9.90 Å². The van der Waals surface area contributed by atoms with Gasteiger partial charge in [-0.2, -0.15) is 0 Å². The predicted octanol–water partition coefficient (Wildman–Crippen LogP) is 6.83. The lowest BCUT2D eigenvalue weighted by Crippen LogP contribution is -2.02. The van der Waals surface area contributed by atoms with E-state index in [2.05, 4.69) is 78.9 Å². The molecule has 4 rings (SSSR count). The zero-order valence-corrected chi connectivity index (χ0v) is 16.4. The number of aliphatic carboxylic acids is 1. The molecule has 0 radical (unpaired) electrons. The lowest BCUT2D eigenvalue weighted by Gasteiger charge is -2.19. The van der Waals surface area contributed by atoms with Gasteiger partial charge in [-0.1, -0.05) is 84.9 Å². The molecule has 140 valence electrons. The van der Waals surface area contributed by atoms with Gasteiger partial charge in [-0.3, -0.25) is 4.79 Å². The number of fused-ring (bicyclic) bond motifs is 2. The molecule has 0 saturated carbocycles. The summed E-state index contributed by atoms with van der Waals surface area (Å²) in [6.45, 7) is 0. The fraction of sp³-hybridized carbons (Fsp3) is 0.160. The van der Waals surface area contributed by atoms with Crippen molar-refractivity contribution in [3.63, 3.8) is 0 Å². The van der Waals surface area contributed by atoms with Crippen LogP contribution in [0.1, 0.15) is 29.2 Å². The second-order valence-electron chi connectivity index (χ2n) is 6.94. The van der Waals surface area contributed by atoms with Crippen LogP contribution in [0.2, 0.25) is 0 Å². The smallest absolute Gasteiger partial charge is 0.303 e. The number of hydrogen-bond acceptors (Lipinski definition) is 2. The van der Waals surface area contributed by atoms with Crippen LogP contribution in [-0.2, 0) is 10.5 Å². The lowest BCUT2D eigenvalue weighted by molar-refractivity contribution is -0.137. The van der Waals surface area contributed by atoms with Gasteiger partial charge in [0.25, 0.3) is 0 Å². The molecule has 0 aromatic heterocycles. The predicted molar refractivity (Wildman–Crippen MR) is 119 cm³/mol. The Balaban J connectivity index is 1.65. The van der Waals surface area contributed by atoms with Gasteiger partial charge in [0.05, 0.1) is 0 Å². The minimum absolute atomic E-state index is 0.140. The summed E-state index contributed by atoms with van der Waals surface area (Å²) in [4.78, 5) is 11.2. The molecule has 0 saturated heterocycles. The molecule has 0 spiro atoms. The number of benzene rings is 4. The first-order chi connectivity index (χ1) is 13.7. The summed E-state index contributed by atoms with van der Waals surface area (Å²) >= 11 is 1.84. The molecule has 1 atom stereocenters. The van der Waals surface area contributed by atoms with Gasteiger partial charge in [-0.05, 0) is 39.1 Å². The van der Waals surface area contributed by atoms with Crippen LogP contribution < -0.4 is 0 Å². The molecule has 3 heteroatoms. The highest BCUT2D eigenvalue weighted by molar-refractivity contribution is 7.98. The van der Waals surface area contributed by atoms with E-state index in [1.54, 1.807) is 0 Å². The highest BCUT2D eigenvalue weighted by atomic mass is 32.2. The van der Waals surface area contributed by atoms with Gasteiger partial charge in [0, 0.05) is 17.4 Å². The Kier molecular flexibility index (Phi) is 5.63. The zero-order valence-electron chi connectivity index (χ0n) is 15.5. The summed E-state index contributed by atoms with van der Waals surface area (Å²) < 4.78 is 0. The average molecular weight is 387 g/mol. The normalized spacial score (nSPS) is 12.3. The van der Waals surface area contributed by atoms with Crippen molar-refractivity contribution >= 4 is 39.3 Å². The van der Waals surface area contributed by atoms with Crippen molar-refractivity contribution in [2.75, 3.05) is 0 Å². The molecule has 4 aromatic carbocycles. The average Bonchev–Trinajstić information content (AvgIpc) is 2.73. The molecule has 0 bridgehead atoms. The van der Waals surface area contributed by atoms with Crippen LogP contribution in [0, 0.1) is 0 Å². The number of thioether (sulfide) groups is 1. The van der Waals surface area contributed by atoms with Crippen LogP contribution in [0.3, 0.4) is 0 Å². The Bertz CT molecular complexity index is 1110. The lowest BCUT2D eigenvalue weighted by atomic mass is 10.00. The second kappa shape index (κ2) is 8.49. The summed E-state index contributed by atoms with van der Waals surface area (Å²) in [5.41, 5.74) is 2.52. The van der Waals surface area contributed by atoms with Gasteiger partial charge < -0.3 is 5.11 Å². The first kappa shape index (κ1) is 18.6. The van der Waals surface area contributed by atoms with Crippen LogP contribution in [0.25, 0.3) is 21.5 Å². The maximum absolute atomic E-state index is 11.2. The Morgan fingerprint density at radius 2 is 1.39 bits per heavy atom. The van der Waals surface area contributed by atoms with Gasteiger partial charge in [0.1, 0.15) is 0 Å². The zero-order chi connectivity index (χ0) is 19.3. The van der Waals surface area contributed by atoms with Gasteiger partial charge in [0.15, 0.2) is 0 Å². The van der Waals surface area contributed by atoms with Gasteiger partial charge in [0.2, 0.25) is 0 Å². The van der Waals surface area contributed by atoms with E-state index >= 15 is 0 Å². The van der Waals surface area contributed by atoms with Crippen LogP contribution >= 0.6 is 11.8 Å². The van der Waals surface area contributed by atoms with Crippen molar-refractivity contribution in [2.45, 2.75) is 23.8 Å². The largest absolute Gasteiger partial charge is 0.481 e. The molecular weight excluding hydrogens is 364 g/mol. The maximum atomic E-state index is 11.2. The molecule has 1 N–H and O–H groups in total. The number of carboxylic acid groups (broad SMARTS) is 1. The molecule has 0 aliphatic rings. The van der Waals surface area contributed by atoms with E-state index in [0.29, 0.717) is 6.42 Å². The van der Waals surface area contributed by atoms with E-state index in [0.717, 1.165) is 5.75 Å². The van der Waals surface area contributed by atoms with Crippen molar-refractivity contribution in [3.8, 4) is 0 Å². The quantitative estimate of drug-likeness (QED) is 0.378. The van der Waals surface area contributed by atoms with Gasteiger partial charge in [-0.15, -0.1) is 11.8 Å². The molecule has 0 heterocycles. The molecule has 1 unspecified atom stereocenters. The van der Waals surface area contributed by atoms with Crippen molar-refractivity contribution in [1.82, 2.24) is 0 Å². The number of rotatable bonds is 7. The Morgan fingerprint density at radius 1 is 0.786 bits per heavy atom. The maximum Gasteiger partial charge on any atom is 0.303 e. The standard InChI is InChI=1S/C25H22O2S/c26-25(27)16-15-24(23-14-6-10-19-8-2-4-13-22(19)23)28-17-20-11-5-9-18-7-1-3-12-21(18)20/h1-14,24H,15-17H2,(H,26,27). The molecule has 28 heavy (non-hydrogen) atoms. The third kappa shape index (κ3) is 4.05. The summed E-state index contributed by atoms with van der Waals surface area (Å²) in [5.74, 6) is 0.116. The Morgan fingerprint density at radius 3 is 2.14 bits per heavy atom. The van der Waals surface area contributed by atoms with Crippen LogP contribution in [-0.4, -0.2) is 11.1 Å². The van der Waals surface area contributed by atoms with Crippen LogP contribution in [0.5, 0.6) is 0 Å². The third-order valence-electron chi connectivity index (χ3n) is 5.11. The number of hydrogen-bond donors (Lipinski definition) is 1. The van der Waals surface area contributed by atoms with E-state index in [9.17, 15) is 9.90 Å². The van der Waals surface area contributed by atoms with E-state index < -0.39 is 5.97 Å². The van der Waals surface area contributed by atoms with Crippen molar-refractivity contribution in [2.24, 2.45) is 0 Å². The summed E-state index contributed by atoms with van der Waals surface area (Å²) in [5, 5.41) is 14.3. The second-order valence-corrected chi connectivity index (χ2v) is 8.13. The fourth-order valence-corrected chi connectivity index (χ4v) is 5.03. The minimum atomic E-state index is -0.740. The van der Waals surface area contributed by atoms with Crippen molar-refractivity contribution in [3.05, 3.63) is 96.1 Å². The molecule has 2 nitrogen and oxygen atoms in total. The van der Waals surface area contributed by atoms with E-state index in [-0.39, 0.29) is 11.7 Å². The third-order valence-corrected chi connectivity index (χ3v) is 6.48. The molecule has 0 aliphatic carbocycles. The Hall–Kier alpha value is -2.78. The highest BCUT2D eigenvalue weighted by Gasteiger charge is 2.17. The van der Waals surface area contributed by atoms with Crippen molar-refractivity contribution in [1.29, 1.82) is 0 Å². The molecule has 4 aromatic rings. The monoisotopic (exact) mass is 386 g/mol. The topological polar surface area (TPSA) is 37.3 Å². The highest BCUT2D eigenvalue weighted by Crippen LogP contribution is 2.39. The van der Waals surface area contributed by atoms with Crippen LogP contribution in [0.4, 0.5) is 0 Å². The molecule has 0 amide bonds. The summed E-state index contributed by atoms with van der Waals surface area (Å²) in [7, 11) is 0. The summed E-state index contributed by atoms with van der Waals surface area (Å²) in [6.07, 6.45) is 0.801. The van der Waals surface area contributed by atoms with E-state index in [1.807, 2.05) is 17.8 Å². The summed E-state index contributed by atoms with van der Waals surface area (Å²) in [6, 6.07) is 29.5. The fourth-order valence-electron chi connectivity index (χ4n) is 3.72. The van der Waals surface area contributed by atoms with Gasteiger partial charge >= 0.3 is 5.97 Å². The molecule has 0 fully saturated rings. The first-order valence-corrected chi connectivity index (χ1v) is 10.5. The number of carbonyl (C=O) groups is 1. The minimum Gasteiger partial charge on any atom is -0.481 e. The molecular formula is C25H22O2S. The van der Waals surface area contributed by atoms with Crippen LogP contribution in [0.15, 0.2) is 84.9 Å². The SMILES string of the molecule is O=C(O)CCC(SCc1cccc2ccccc12)c1cccc2ccccc12. The van der Waals surface area contributed by atoms with Gasteiger partial charge in [-0.25, -0.2) is 0 Å². The number of carboxylic acids is 1. The Labute approximate surface area is 169 Å². The molecule has 0 aliphatic heterocycles. The van der Waals surface area contributed by atoms with E-state index in [4.69, 9.17) is 0 Å².